The van der Waals surface area contributed by atoms with Gasteiger partial charge in [0.2, 0.25) is 0 Å². The van der Waals surface area contributed by atoms with E-state index < -0.39 is 5.97 Å². The number of carboxylic acid groups (broad SMARTS) is 1. The fraction of sp³-hybridized carbons (Fsp3) is 0.400. The first-order chi connectivity index (χ1) is 7.65. The molecule has 0 aromatic carbocycles. The van der Waals surface area contributed by atoms with Crippen molar-refractivity contribution in [1.82, 2.24) is 10.3 Å². The van der Waals surface area contributed by atoms with Crippen LogP contribution in [-0.4, -0.2) is 36.2 Å². The molecule has 88 valence electrons. The monoisotopic (exact) mass is 287 g/mol. The first kappa shape index (κ1) is 12.9. The summed E-state index contributed by atoms with van der Waals surface area (Å²) in [6.07, 6.45) is 2.49. The highest BCUT2D eigenvalue weighted by Crippen LogP contribution is 2.17. The Morgan fingerprint density at radius 3 is 2.94 bits per heavy atom. The van der Waals surface area contributed by atoms with Gasteiger partial charge in [0.05, 0.1) is 0 Å². The minimum Gasteiger partial charge on any atom is -0.478 e. The van der Waals surface area contributed by atoms with Crippen molar-refractivity contribution < 1.29 is 9.90 Å². The number of pyridine rings is 1. The quantitative estimate of drug-likeness (QED) is 0.693. The van der Waals surface area contributed by atoms with Gasteiger partial charge in [-0.15, -0.1) is 0 Å². The fourth-order valence-corrected chi connectivity index (χ4v) is 1.55. The number of carboxylic acids is 1. The second-order valence-corrected chi connectivity index (χ2v) is 4.15. The van der Waals surface area contributed by atoms with Crippen LogP contribution in [0.2, 0.25) is 0 Å². The van der Waals surface area contributed by atoms with Crippen LogP contribution in [0.1, 0.15) is 16.8 Å². The number of aromatic nitrogens is 1. The second-order valence-electron chi connectivity index (χ2n) is 3.24. The van der Waals surface area contributed by atoms with E-state index in [0.717, 1.165) is 13.0 Å². The van der Waals surface area contributed by atoms with Crippen molar-refractivity contribution in [3.05, 3.63) is 22.3 Å². The van der Waals surface area contributed by atoms with Crippen molar-refractivity contribution in [2.24, 2.45) is 0 Å². The number of nitrogens with zero attached hydrogens (tertiary/aromatic N) is 1. The van der Waals surface area contributed by atoms with Crippen molar-refractivity contribution in [2.45, 2.75) is 6.42 Å². The van der Waals surface area contributed by atoms with Gasteiger partial charge < -0.3 is 15.7 Å². The van der Waals surface area contributed by atoms with Gasteiger partial charge in [0, 0.05) is 17.2 Å². The molecule has 0 spiro atoms. The Labute approximate surface area is 102 Å². The van der Waals surface area contributed by atoms with Gasteiger partial charge in [0.25, 0.3) is 0 Å². The van der Waals surface area contributed by atoms with E-state index in [9.17, 15) is 4.79 Å². The number of carbonyl (C=O) groups is 1. The standard InChI is InChI=1S/C10H14BrN3O2/c1-12-3-2-4-13-9-8(10(15)16)5-7(11)6-14-9/h5-6,12H,2-4H2,1H3,(H,13,14)(H,15,16). The van der Waals surface area contributed by atoms with Gasteiger partial charge in [-0.3, -0.25) is 0 Å². The largest absolute Gasteiger partial charge is 0.478 e. The minimum absolute atomic E-state index is 0.179. The van der Waals surface area contributed by atoms with E-state index in [1.54, 1.807) is 6.20 Å². The molecule has 0 bridgehead atoms. The van der Waals surface area contributed by atoms with E-state index in [2.05, 4.69) is 31.5 Å². The van der Waals surface area contributed by atoms with Gasteiger partial charge >= 0.3 is 5.97 Å². The van der Waals surface area contributed by atoms with Gasteiger partial charge in [-0.05, 0) is 42.0 Å². The molecular formula is C10H14BrN3O2. The third kappa shape index (κ3) is 3.79. The maximum atomic E-state index is 10.9. The Morgan fingerprint density at radius 2 is 2.31 bits per heavy atom. The predicted molar refractivity (Wildman–Crippen MR) is 65.9 cm³/mol. The number of nitrogens with one attached hydrogen (secondary N) is 2. The third-order valence-electron chi connectivity index (χ3n) is 1.98. The van der Waals surface area contributed by atoms with E-state index in [1.807, 2.05) is 7.05 Å². The summed E-state index contributed by atoms with van der Waals surface area (Å²) >= 11 is 3.19. The lowest BCUT2D eigenvalue weighted by Crippen LogP contribution is -2.15. The zero-order valence-electron chi connectivity index (χ0n) is 8.96. The average molecular weight is 288 g/mol. The molecule has 0 aliphatic rings. The number of rotatable bonds is 6. The van der Waals surface area contributed by atoms with Crippen LogP contribution in [0, 0.1) is 0 Å². The Hall–Kier alpha value is -1.14. The van der Waals surface area contributed by atoms with Crippen LogP contribution in [0.4, 0.5) is 5.82 Å². The molecule has 0 unspecified atom stereocenters. The van der Waals surface area contributed by atoms with Gasteiger partial charge in [-0.25, -0.2) is 9.78 Å². The number of hydrogen-bond donors (Lipinski definition) is 3. The molecule has 1 heterocycles. The number of anilines is 1. The molecule has 0 saturated heterocycles. The van der Waals surface area contributed by atoms with Crippen LogP contribution in [-0.2, 0) is 0 Å². The molecule has 0 fully saturated rings. The summed E-state index contributed by atoms with van der Waals surface area (Å²) in [6.45, 7) is 1.57. The molecular weight excluding hydrogens is 274 g/mol. The lowest BCUT2D eigenvalue weighted by Gasteiger charge is -2.08. The van der Waals surface area contributed by atoms with Crippen LogP contribution in [0.5, 0.6) is 0 Å². The van der Waals surface area contributed by atoms with E-state index >= 15 is 0 Å². The van der Waals surface area contributed by atoms with E-state index in [-0.39, 0.29) is 5.56 Å². The molecule has 3 N–H and O–H groups in total. The highest BCUT2D eigenvalue weighted by atomic mass is 79.9. The van der Waals surface area contributed by atoms with Crippen LogP contribution in [0.25, 0.3) is 0 Å². The maximum Gasteiger partial charge on any atom is 0.339 e. The average Bonchev–Trinajstić information content (AvgIpc) is 2.26. The van der Waals surface area contributed by atoms with Crippen molar-refractivity contribution in [3.63, 3.8) is 0 Å². The van der Waals surface area contributed by atoms with E-state index in [0.29, 0.717) is 16.8 Å². The second kappa shape index (κ2) is 6.44. The number of hydrogen-bond acceptors (Lipinski definition) is 4. The summed E-state index contributed by atoms with van der Waals surface area (Å²) in [4.78, 5) is 15.0. The molecule has 0 atom stereocenters. The molecule has 5 nitrogen and oxygen atoms in total. The van der Waals surface area contributed by atoms with Crippen molar-refractivity contribution in [3.8, 4) is 0 Å². The first-order valence-corrected chi connectivity index (χ1v) is 5.71. The molecule has 0 saturated carbocycles. The number of halogens is 1. The van der Waals surface area contributed by atoms with Gasteiger partial charge in [0.1, 0.15) is 11.4 Å². The molecule has 6 heteroatoms. The SMILES string of the molecule is CNCCCNc1ncc(Br)cc1C(=O)O. The lowest BCUT2D eigenvalue weighted by atomic mass is 10.2. The highest BCUT2D eigenvalue weighted by molar-refractivity contribution is 9.10. The van der Waals surface area contributed by atoms with Crippen LogP contribution in [0.15, 0.2) is 16.7 Å². The molecule has 1 aromatic rings. The fourth-order valence-electron chi connectivity index (χ4n) is 1.22. The molecule has 16 heavy (non-hydrogen) atoms. The van der Waals surface area contributed by atoms with Crippen molar-refractivity contribution >= 4 is 27.7 Å². The van der Waals surface area contributed by atoms with Crippen molar-refractivity contribution in [1.29, 1.82) is 0 Å². The first-order valence-electron chi connectivity index (χ1n) is 4.92. The van der Waals surface area contributed by atoms with Crippen LogP contribution in [0.3, 0.4) is 0 Å². The predicted octanol–water partition coefficient (Wildman–Crippen LogP) is 1.56. The van der Waals surface area contributed by atoms with E-state index in [1.165, 1.54) is 6.07 Å². The van der Waals surface area contributed by atoms with Gasteiger partial charge in [0.15, 0.2) is 0 Å². The maximum absolute atomic E-state index is 10.9. The minimum atomic E-state index is -0.982. The molecule has 1 rings (SSSR count). The summed E-state index contributed by atoms with van der Waals surface area (Å²) in [5.74, 6) is -0.572. The Morgan fingerprint density at radius 1 is 1.56 bits per heavy atom. The normalized spacial score (nSPS) is 10.1. The lowest BCUT2D eigenvalue weighted by molar-refractivity contribution is 0.0697. The van der Waals surface area contributed by atoms with Crippen LogP contribution < -0.4 is 10.6 Å². The molecule has 0 amide bonds. The van der Waals surface area contributed by atoms with Gasteiger partial charge in [-0.2, -0.15) is 0 Å². The van der Waals surface area contributed by atoms with Crippen LogP contribution >= 0.6 is 15.9 Å². The topological polar surface area (TPSA) is 74.2 Å². The Bertz CT molecular complexity index is 371. The summed E-state index contributed by atoms with van der Waals surface area (Å²) in [5.41, 5.74) is 0.179. The zero-order chi connectivity index (χ0) is 12.0. The highest BCUT2D eigenvalue weighted by Gasteiger charge is 2.11. The molecule has 0 aliphatic carbocycles. The summed E-state index contributed by atoms with van der Waals surface area (Å²) in [5, 5.41) is 15.0. The van der Waals surface area contributed by atoms with Gasteiger partial charge in [-0.1, -0.05) is 0 Å². The molecule has 0 radical (unpaired) electrons. The Balaban J connectivity index is 2.67. The smallest absolute Gasteiger partial charge is 0.339 e. The molecule has 1 aromatic heterocycles. The van der Waals surface area contributed by atoms with Crippen molar-refractivity contribution in [2.75, 3.05) is 25.5 Å². The van der Waals surface area contributed by atoms with E-state index in [4.69, 9.17) is 5.11 Å². The summed E-state index contributed by atoms with van der Waals surface area (Å²) < 4.78 is 0.658. The molecule has 0 aliphatic heterocycles. The summed E-state index contributed by atoms with van der Waals surface area (Å²) in [6, 6.07) is 1.54. The number of aromatic carboxylic acids is 1. The zero-order valence-corrected chi connectivity index (χ0v) is 10.5. The third-order valence-corrected chi connectivity index (χ3v) is 2.41. The Kier molecular flexibility index (Phi) is 5.21. The summed E-state index contributed by atoms with van der Waals surface area (Å²) in [7, 11) is 1.88.